The standard InChI is InChI=1S/C16H17N5/c1-20(2)13-3-5-14(6-4-13)21-11-18-10-15(21)12-7-8-19-16(17)9-12/h3-11H,1-2H3,(H2,17,19). The van der Waals surface area contributed by atoms with Crippen LogP contribution in [-0.4, -0.2) is 28.6 Å². The Morgan fingerprint density at radius 3 is 2.52 bits per heavy atom. The van der Waals surface area contributed by atoms with E-state index in [0.29, 0.717) is 5.82 Å². The average Bonchev–Trinajstić information content (AvgIpc) is 2.97. The van der Waals surface area contributed by atoms with E-state index in [0.717, 1.165) is 22.6 Å². The van der Waals surface area contributed by atoms with Crippen molar-refractivity contribution in [2.45, 2.75) is 0 Å². The molecule has 0 amide bonds. The van der Waals surface area contributed by atoms with Gasteiger partial charge in [-0.25, -0.2) is 9.97 Å². The van der Waals surface area contributed by atoms with Crippen molar-refractivity contribution >= 4 is 11.5 Å². The zero-order valence-electron chi connectivity index (χ0n) is 12.1. The van der Waals surface area contributed by atoms with Crippen LogP contribution in [0.2, 0.25) is 0 Å². The third kappa shape index (κ3) is 2.58. The molecule has 0 saturated carbocycles. The van der Waals surface area contributed by atoms with Crippen LogP contribution >= 0.6 is 0 Å². The minimum Gasteiger partial charge on any atom is -0.384 e. The van der Waals surface area contributed by atoms with E-state index in [-0.39, 0.29) is 0 Å². The number of hydrogen-bond donors (Lipinski definition) is 1. The van der Waals surface area contributed by atoms with E-state index in [2.05, 4.69) is 39.1 Å². The number of rotatable bonds is 3. The van der Waals surface area contributed by atoms with Gasteiger partial charge in [0.05, 0.1) is 18.2 Å². The largest absolute Gasteiger partial charge is 0.384 e. The first-order valence-electron chi connectivity index (χ1n) is 6.67. The Morgan fingerprint density at radius 2 is 1.86 bits per heavy atom. The Bertz CT molecular complexity index is 743. The molecule has 21 heavy (non-hydrogen) atoms. The van der Waals surface area contributed by atoms with Crippen LogP contribution in [-0.2, 0) is 0 Å². The molecular formula is C16H17N5. The number of nitrogens with two attached hydrogens (primary N) is 1. The second-order valence-corrected chi connectivity index (χ2v) is 5.03. The summed E-state index contributed by atoms with van der Waals surface area (Å²) < 4.78 is 2.04. The van der Waals surface area contributed by atoms with E-state index in [1.54, 1.807) is 12.5 Å². The van der Waals surface area contributed by atoms with Gasteiger partial charge in [0.15, 0.2) is 0 Å². The molecule has 2 N–H and O–H groups in total. The highest BCUT2D eigenvalue weighted by molar-refractivity contribution is 5.64. The summed E-state index contributed by atoms with van der Waals surface area (Å²) in [5.41, 5.74) is 9.96. The molecule has 0 unspecified atom stereocenters. The molecule has 106 valence electrons. The van der Waals surface area contributed by atoms with E-state index in [1.165, 1.54) is 0 Å². The maximum absolute atomic E-state index is 5.76. The molecule has 0 atom stereocenters. The smallest absolute Gasteiger partial charge is 0.123 e. The molecule has 3 rings (SSSR count). The van der Waals surface area contributed by atoms with Crippen molar-refractivity contribution in [1.82, 2.24) is 14.5 Å². The van der Waals surface area contributed by atoms with Gasteiger partial charge in [0.1, 0.15) is 5.82 Å². The minimum atomic E-state index is 0.503. The summed E-state index contributed by atoms with van der Waals surface area (Å²) in [6.45, 7) is 0. The number of nitrogens with zero attached hydrogens (tertiary/aromatic N) is 4. The Morgan fingerprint density at radius 1 is 1.10 bits per heavy atom. The maximum Gasteiger partial charge on any atom is 0.123 e. The van der Waals surface area contributed by atoms with Gasteiger partial charge in [-0.3, -0.25) is 4.57 Å². The number of aromatic nitrogens is 3. The highest BCUT2D eigenvalue weighted by Crippen LogP contribution is 2.24. The third-order valence-electron chi connectivity index (χ3n) is 3.36. The number of benzene rings is 1. The number of pyridine rings is 1. The van der Waals surface area contributed by atoms with Gasteiger partial charge < -0.3 is 10.6 Å². The summed E-state index contributed by atoms with van der Waals surface area (Å²) in [5.74, 6) is 0.503. The monoisotopic (exact) mass is 279 g/mol. The zero-order chi connectivity index (χ0) is 14.8. The predicted octanol–water partition coefficient (Wildman–Crippen LogP) is 2.58. The van der Waals surface area contributed by atoms with Gasteiger partial charge >= 0.3 is 0 Å². The SMILES string of the molecule is CN(C)c1ccc(-n2cncc2-c2ccnc(N)c2)cc1. The number of hydrogen-bond acceptors (Lipinski definition) is 4. The first kappa shape index (κ1) is 13.2. The molecule has 0 radical (unpaired) electrons. The van der Waals surface area contributed by atoms with E-state index < -0.39 is 0 Å². The van der Waals surface area contributed by atoms with Crippen LogP contribution in [0.5, 0.6) is 0 Å². The first-order chi connectivity index (χ1) is 10.1. The molecule has 0 spiro atoms. The molecule has 2 heterocycles. The third-order valence-corrected chi connectivity index (χ3v) is 3.36. The second-order valence-electron chi connectivity index (χ2n) is 5.03. The van der Waals surface area contributed by atoms with Crippen LogP contribution in [0.15, 0.2) is 55.1 Å². The highest BCUT2D eigenvalue weighted by Gasteiger charge is 2.08. The lowest BCUT2D eigenvalue weighted by atomic mass is 10.2. The van der Waals surface area contributed by atoms with Crippen molar-refractivity contribution in [1.29, 1.82) is 0 Å². The maximum atomic E-state index is 5.76. The van der Waals surface area contributed by atoms with Crippen molar-refractivity contribution in [3.05, 3.63) is 55.1 Å². The molecule has 5 heteroatoms. The summed E-state index contributed by atoms with van der Waals surface area (Å²) in [6, 6.07) is 12.1. The quantitative estimate of drug-likeness (QED) is 0.800. The number of nitrogen functional groups attached to an aromatic ring is 1. The molecule has 0 saturated heterocycles. The molecule has 1 aromatic carbocycles. The Kier molecular flexibility index (Phi) is 3.31. The lowest BCUT2D eigenvalue weighted by Gasteiger charge is -2.14. The number of anilines is 2. The van der Waals surface area contributed by atoms with Crippen molar-refractivity contribution in [2.24, 2.45) is 0 Å². The van der Waals surface area contributed by atoms with Crippen molar-refractivity contribution < 1.29 is 0 Å². The van der Waals surface area contributed by atoms with Gasteiger partial charge in [-0.1, -0.05) is 0 Å². The van der Waals surface area contributed by atoms with Crippen LogP contribution in [0.3, 0.4) is 0 Å². The molecule has 0 aliphatic carbocycles. The summed E-state index contributed by atoms with van der Waals surface area (Å²) in [6.07, 6.45) is 5.34. The van der Waals surface area contributed by atoms with E-state index in [4.69, 9.17) is 5.73 Å². The van der Waals surface area contributed by atoms with Gasteiger partial charge in [-0.05, 0) is 36.4 Å². The second kappa shape index (κ2) is 5.28. The van der Waals surface area contributed by atoms with Gasteiger partial charge in [-0.2, -0.15) is 0 Å². The fraction of sp³-hybridized carbons (Fsp3) is 0.125. The molecule has 5 nitrogen and oxygen atoms in total. The highest BCUT2D eigenvalue weighted by atomic mass is 15.1. The average molecular weight is 279 g/mol. The van der Waals surface area contributed by atoms with Crippen LogP contribution in [0, 0.1) is 0 Å². The molecule has 0 aliphatic rings. The van der Waals surface area contributed by atoms with Crippen LogP contribution in [0.4, 0.5) is 11.5 Å². The number of imidazole rings is 1. The molecule has 3 aromatic rings. The Hall–Kier alpha value is -2.82. The Labute approximate surface area is 123 Å². The van der Waals surface area contributed by atoms with Crippen LogP contribution in [0.25, 0.3) is 16.9 Å². The van der Waals surface area contributed by atoms with Crippen molar-refractivity contribution in [3.8, 4) is 16.9 Å². The van der Waals surface area contributed by atoms with Crippen LogP contribution in [0.1, 0.15) is 0 Å². The minimum absolute atomic E-state index is 0.503. The molecular weight excluding hydrogens is 262 g/mol. The molecule has 0 aliphatic heterocycles. The summed E-state index contributed by atoms with van der Waals surface area (Å²) in [7, 11) is 4.05. The lowest BCUT2D eigenvalue weighted by molar-refractivity contribution is 1.06. The summed E-state index contributed by atoms with van der Waals surface area (Å²) >= 11 is 0. The summed E-state index contributed by atoms with van der Waals surface area (Å²) in [4.78, 5) is 10.4. The van der Waals surface area contributed by atoms with Crippen molar-refractivity contribution in [2.75, 3.05) is 24.7 Å². The normalized spacial score (nSPS) is 10.6. The summed E-state index contributed by atoms with van der Waals surface area (Å²) in [5, 5.41) is 0. The van der Waals surface area contributed by atoms with Crippen molar-refractivity contribution in [3.63, 3.8) is 0 Å². The predicted molar refractivity (Wildman–Crippen MR) is 85.5 cm³/mol. The Balaban J connectivity index is 2.02. The molecule has 0 bridgehead atoms. The molecule has 2 aromatic heterocycles. The lowest BCUT2D eigenvalue weighted by Crippen LogP contribution is -2.08. The topological polar surface area (TPSA) is 60.0 Å². The van der Waals surface area contributed by atoms with Gasteiger partial charge in [-0.15, -0.1) is 0 Å². The fourth-order valence-corrected chi connectivity index (χ4v) is 2.23. The molecule has 0 fully saturated rings. The van der Waals surface area contributed by atoms with E-state index >= 15 is 0 Å². The van der Waals surface area contributed by atoms with E-state index in [9.17, 15) is 0 Å². The van der Waals surface area contributed by atoms with Gasteiger partial charge in [0.2, 0.25) is 0 Å². The van der Waals surface area contributed by atoms with Gasteiger partial charge in [0, 0.05) is 37.2 Å². The first-order valence-corrected chi connectivity index (χ1v) is 6.67. The fourth-order valence-electron chi connectivity index (χ4n) is 2.23. The van der Waals surface area contributed by atoms with Gasteiger partial charge in [0.25, 0.3) is 0 Å². The van der Waals surface area contributed by atoms with Crippen LogP contribution < -0.4 is 10.6 Å². The van der Waals surface area contributed by atoms with E-state index in [1.807, 2.05) is 37.0 Å². The zero-order valence-corrected chi connectivity index (χ0v) is 12.1.